The molecule has 0 aromatic carbocycles. The van der Waals surface area contributed by atoms with Crippen LogP contribution in [0.2, 0.25) is 0 Å². The standard InChI is InChI=1S/C9H11BrN2O3S2/c10-7-2-3-9(16-7)17(14,15)12-5-1-4-11-8(13)6-12/h2-3H,1,4-6H2,(H,11,13). The molecule has 1 N–H and O–H groups in total. The molecule has 1 fully saturated rings. The Morgan fingerprint density at radius 1 is 1.41 bits per heavy atom. The van der Waals surface area contributed by atoms with Crippen molar-refractivity contribution in [3.63, 3.8) is 0 Å². The topological polar surface area (TPSA) is 66.5 Å². The monoisotopic (exact) mass is 338 g/mol. The molecule has 5 nitrogen and oxygen atoms in total. The number of nitrogens with zero attached hydrogens (tertiary/aromatic N) is 1. The molecule has 1 aliphatic rings. The van der Waals surface area contributed by atoms with Crippen LogP contribution in [0.15, 0.2) is 20.1 Å². The van der Waals surface area contributed by atoms with Gasteiger partial charge in [-0.15, -0.1) is 11.3 Å². The Bertz CT molecular complexity index is 526. The summed E-state index contributed by atoms with van der Waals surface area (Å²) in [6.07, 6.45) is 0.636. The number of hydrogen-bond acceptors (Lipinski definition) is 4. The van der Waals surface area contributed by atoms with Crippen LogP contribution in [0.5, 0.6) is 0 Å². The smallest absolute Gasteiger partial charge is 0.253 e. The van der Waals surface area contributed by atoms with Gasteiger partial charge in [0.05, 0.1) is 10.3 Å². The molecule has 2 rings (SSSR count). The number of hydrogen-bond donors (Lipinski definition) is 1. The van der Waals surface area contributed by atoms with Crippen LogP contribution in [0.1, 0.15) is 6.42 Å². The summed E-state index contributed by atoms with van der Waals surface area (Å²) in [5, 5.41) is 2.65. The van der Waals surface area contributed by atoms with E-state index in [2.05, 4.69) is 21.2 Å². The zero-order valence-electron chi connectivity index (χ0n) is 8.85. The van der Waals surface area contributed by atoms with Crippen LogP contribution in [0.3, 0.4) is 0 Å². The predicted octanol–water partition coefficient (Wildman–Crippen LogP) is 1.02. The second kappa shape index (κ2) is 5.05. The summed E-state index contributed by atoms with van der Waals surface area (Å²) in [7, 11) is -3.54. The van der Waals surface area contributed by atoms with Crippen molar-refractivity contribution >= 4 is 43.2 Å². The molecule has 0 radical (unpaired) electrons. The van der Waals surface area contributed by atoms with E-state index in [-0.39, 0.29) is 16.7 Å². The lowest BCUT2D eigenvalue weighted by molar-refractivity contribution is -0.120. The molecule has 0 saturated carbocycles. The summed E-state index contributed by atoms with van der Waals surface area (Å²) in [5.41, 5.74) is 0. The van der Waals surface area contributed by atoms with Gasteiger partial charge < -0.3 is 5.32 Å². The van der Waals surface area contributed by atoms with E-state index in [9.17, 15) is 13.2 Å². The number of nitrogens with one attached hydrogen (secondary N) is 1. The van der Waals surface area contributed by atoms with Gasteiger partial charge in [0.1, 0.15) is 4.21 Å². The highest BCUT2D eigenvalue weighted by Gasteiger charge is 2.28. The maximum atomic E-state index is 12.2. The number of rotatable bonds is 2. The van der Waals surface area contributed by atoms with Crippen LogP contribution in [0, 0.1) is 0 Å². The Morgan fingerprint density at radius 2 is 2.18 bits per heavy atom. The Hall–Kier alpha value is -0.440. The first kappa shape index (κ1) is 13.0. The Kier molecular flexibility index (Phi) is 3.86. The van der Waals surface area contributed by atoms with E-state index in [0.29, 0.717) is 19.5 Å². The van der Waals surface area contributed by atoms with Gasteiger partial charge in [0.15, 0.2) is 0 Å². The average molecular weight is 339 g/mol. The van der Waals surface area contributed by atoms with E-state index in [0.717, 1.165) is 15.1 Å². The lowest BCUT2D eigenvalue weighted by atomic mass is 10.4. The Morgan fingerprint density at radius 3 is 2.82 bits per heavy atom. The van der Waals surface area contributed by atoms with E-state index in [1.165, 1.54) is 4.31 Å². The van der Waals surface area contributed by atoms with E-state index < -0.39 is 10.0 Å². The van der Waals surface area contributed by atoms with Crippen LogP contribution in [-0.2, 0) is 14.8 Å². The molecular formula is C9H11BrN2O3S2. The van der Waals surface area contributed by atoms with Gasteiger partial charge in [0.25, 0.3) is 10.0 Å². The molecule has 2 heterocycles. The molecule has 0 unspecified atom stereocenters. The van der Waals surface area contributed by atoms with Crippen LogP contribution in [0.4, 0.5) is 0 Å². The lowest BCUT2D eigenvalue weighted by Crippen LogP contribution is -2.37. The minimum Gasteiger partial charge on any atom is -0.355 e. The molecule has 1 aliphatic heterocycles. The number of carbonyl (C=O) groups is 1. The van der Waals surface area contributed by atoms with Crippen molar-refractivity contribution in [1.82, 2.24) is 9.62 Å². The van der Waals surface area contributed by atoms with Gasteiger partial charge in [-0.1, -0.05) is 0 Å². The van der Waals surface area contributed by atoms with Crippen molar-refractivity contribution < 1.29 is 13.2 Å². The molecular weight excluding hydrogens is 328 g/mol. The Balaban J connectivity index is 2.28. The molecule has 8 heteroatoms. The summed E-state index contributed by atoms with van der Waals surface area (Å²) in [6, 6.07) is 3.24. The highest BCUT2D eigenvalue weighted by Crippen LogP contribution is 2.28. The van der Waals surface area contributed by atoms with Crippen molar-refractivity contribution in [2.24, 2.45) is 0 Å². The number of thiophene rings is 1. The fourth-order valence-electron chi connectivity index (χ4n) is 1.55. The number of amides is 1. The van der Waals surface area contributed by atoms with Crippen LogP contribution in [0.25, 0.3) is 0 Å². The zero-order chi connectivity index (χ0) is 12.5. The summed E-state index contributed by atoms with van der Waals surface area (Å²) in [5.74, 6) is -0.248. The largest absolute Gasteiger partial charge is 0.355 e. The van der Waals surface area contributed by atoms with Gasteiger partial charge >= 0.3 is 0 Å². The highest BCUT2D eigenvalue weighted by atomic mass is 79.9. The molecule has 94 valence electrons. The van der Waals surface area contributed by atoms with E-state index in [1.54, 1.807) is 12.1 Å². The Labute approximate surface area is 112 Å². The molecule has 0 atom stereocenters. The molecule has 1 aromatic heterocycles. The zero-order valence-corrected chi connectivity index (χ0v) is 12.1. The SMILES string of the molecule is O=C1CN(S(=O)(=O)c2ccc(Br)s2)CCCN1. The normalized spacial score (nSPS) is 18.8. The summed E-state index contributed by atoms with van der Waals surface area (Å²) < 4.78 is 26.7. The second-order valence-electron chi connectivity index (χ2n) is 3.60. The fourth-order valence-corrected chi connectivity index (χ4v) is 5.15. The van der Waals surface area contributed by atoms with Crippen LogP contribution in [-0.4, -0.2) is 38.3 Å². The lowest BCUT2D eigenvalue weighted by Gasteiger charge is -2.17. The van der Waals surface area contributed by atoms with E-state index >= 15 is 0 Å². The van der Waals surface area contributed by atoms with Gasteiger partial charge in [-0.3, -0.25) is 4.79 Å². The molecule has 1 aromatic rings. The second-order valence-corrected chi connectivity index (χ2v) is 8.23. The van der Waals surface area contributed by atoms with Crippen LogP contribution < -0.4 is 5.32 Å². The maximum absolute atomic E-state index is 12.2. The average Bonchev–Trinajstić information content (AvgIpc) is 2.57. The maximum Gasteiger partial charge on any atom is 0.253 e. The van der Waals surface area contributed by atoms with E-state index in [1.807, 2.05) is 0 Å². The quantitative estimate of drug-likeness (QED) is 0.875. The van der Waals surface area contributed by atoms with Gasteiger partial charge in [-0.25, -0.2) is 8.42 Å². The molecule has 0 bridgehead atoms. The third-order valence-corrected chi connectivity index (χ3v) is 6.31. The van der Waals surface area contributed by atoms with Gasteiger partial charge in [0.2, 0.25) is 5.91 Å². The number of carbonyl (C=O) groups excluding carboxylic acids is 1. The van der Waals surface area contributed by atoms with Gasteiger partial charge in [-0.2, -0.15) is 4.31 Å². The molecule has 1 amide bonds. The predicted molar refractivity (Wildman–Crippen MR) is 68.4 cm³/mol. The summed E-state index contributed by atoms with van der Waals surface area (Å²) in [4.78, 5) is 11.4. The third-order valence-electron chi connectivity index (χ3n) is 2.37. The first-order chi connectivity index (χ1) is 8.00. The van der Waals surface area contributed by atoms with Crippen molar-refractivity contribution in [3.05, 3.63) is 15.9 Å². The van der Waals surface area contributed by atoms with Gasteiger partial charge in [0, 0.05) is 13.1 Å². The summed E-state index contributed by atoms with van der Waals surface area (Å²) in [6.45, 7) is 0.799. The van der Waals surface area contributed by atoms with Crippen molar-refractivity contribution in [2.75, 3.05) is 19.6 Å². The third kappa shape index (κ3) is 2.87. The fraction of sp³-hybridized carbons (Fsp3) is 0.444. The minimum absolute atomic E-state index is 0.0994. The van der Waals surface area contributed by atoms with E-state index in [4.69, 9.17) is 0 Å². The van der Waals surface area contributed by atoms with Gasteiger partial charge in [-0.05, 0) is 34.5 Å². The van der Waals surface area contributed by atoms with Crippen molar-refractivity contribution in [1.29, 1.82) is 0 Å². The molecule has 0 aliphatic carbocycles. The van der Waals surface area contributed by atoms with Crippen molar-refractivity contribution in [3.8, 4) is 0 Å². The van der Waals surface area contributed by atoms with Crippen molar-refractivity contribution in [2.45, 2.75) is 10.6 Å². The molecule has 1 saturated heterocycles. The summed E-state index contributed by atoms with van der Waals surface area (Å²) >= 11 is 4.38. The highest BCUT2D eigenvalue weighted by molar-refractivity contribution is 9.11. The molecule has 17 heavy (non-hydrogen) atoms. The van der Waals surface area contributed by atoms with Crippen LogP contribution >= 0.6 is 27.3 Å². The number of halogens is 1. The minimum atomic E-state index is -3.54. The molecule has 0 spiro atoms. The first-order valence-electron chi connectivity index (χ1n) is 5.02. The number of sulfonamides is 1. The first-order valence-corrected chi connectivity index (χ1v) is 8.07.